The molecule has 4 heteroatoms. The highest BCUT2D eigenvalue weighted by molar-refractivity contribution is 9.11. The van der Waals surface area contributed by atoms with E-state index in [0.717, 1.165) is 12.6 Å². The maximum Gasteiger partial charge on any atom is 0.0701 e. The standard InChI is InChI=1S/C15H25BrN2S/c1-18(11-13-10-15(16)19-12-13)9-5-8-17-14-6-3-2-4-7-14/h10,12,14,17H,2-9,11H2,1H3. The second-order valence-corrected chi connectivity index (χ2v) is 7.93. The van der Waals surface area contributed by atoms with Crippen molar-refractivity contribution in [2.75, 3.05) is 20.1 Å². The van der Waals surface area contributed by atoms with Crippen LogP contribution in [0.25, 0.3) is 0 Å². The second kappa shape index (κ2) is 8.40. The Hall–Kier alpha value is 0.100. The molecule has 19 heavy (non-hydrogen) atoms. The Kier molecular flexibility index (Phi) is 6.85. The predicted molar refractivity (Wildman–Crippen MR) is 87.8 cm³/mol. The molecule has 0 radical (unpaired) electrons. The molecule has 0 unspecified atom stereocenters. The minimum atomic E-state index is 0.798. The summed E-state index contributed by atoms with van der Waals surface area (Å²) < 4.78 is 1.23. The molecular formula is C15H25BrN2S. The Morgan fingerprint density at radius 1 is 1.37 bits per heavy atom. The molecule has 1 aliphatic carbocycles. The van der Waals surface area contributed by atoms with Gasteiger partial charge in [0.05, 0.1) is 3.79 Å². The van der Waals surface area contributed by atoms with Crippen molar-refractivity contribution < 1.29 is 0 Å². The summed E-state index contributed by atoms with van der Waals surface area (Å²) in [4.78, 5) is 2.41. The van der Waals surface area contributed by atoms with Crippen LogP contribution < -0.4 is 5.32 Å². The summed E-state index contributed by atoms with van der Waals surface area (Å²) in [6.07, 6.45) is 8.31. The maximum atomic E-state index is 3.71. The lowest BCUT2D eigenvalue weighted by molar-refractivity contribution is 0.308. The summed E-state index contributed by atoms with van der Waals surface area (Å²) in [5.41, 5.74) is 1.42. The normalized spacial score (nSPS) is 17.2. The van der Waals surface area contributed by atoms with Crippen LogP contribution in [0.1, 0.15) is 44.1 Å². The lowest BCUT2D eigenvalue weighted by atomic mass is 9.95. The molecule has 1 aromatic rings. The molecule has 0 amide bonds. The highest BCUT2D eigenvalue weighted by Gasteiger charge is 2.11. The number of thiophene rings is 1. The van der Waals surface area contributed by atoms with Crippen LogP contribution in [0, 0.1) is 0 Å². The third-order valence-electron chi connectivity index (χ3n) is 3.83. The summed E-state index contributed by atoms with van der Waals surface area (Å²) in [5.74, 6) is 0. The largest absolute Gasteiger partial charge is 0.314 e. The SMILES string of the molecule is CN(CCCNC1CCCCC1)Cc1csc(Br)c1. The van der Waals surface area contributed by atoms with E-state index in [1.165, 1.54) is 61.0 Å². The maximum absolute atomic E-state index is 3.71. The minimum Gasteiger partial charge on any atom is -0.314 e. The van der Waals surface area contributed by atoms with Crippen LogP contribution in [0.4, 0.5) is 0 Å². The average molecular weight is 345 g/mol. The van der Waals surface area contributed by atoms with Crippen LogP contribution in [-0.2, 0) is 6.54 Å². The predicted octanol–water partition coefficient (Wildman–Crippen LogP) is 4.25. The molecule has 0 spiro atoms. The van der Waals surface area contributed by atoms with Gasteiger partial charge < -0.3 is 10.2 Å². The van der Waals surface area contributed by atoms with Crippen LogP contribution >= 0.6 is 27.3 Å². The zero-order valence-electron chi connectivity index (χ0n) is 11.8. The van der Waals surface area contributed by atoms with E-state index in [9.17, 15) is 0 Å². The van der Waals surface area contributed by atoms with Crippen molar-refractivity contribution in [3.05, 3.63) is 20.8 Å². The van der Waals surface area contributed by atoms with E-state index < -0.39 is 0 Å². The van der Waals surface area contributed by atoms with Crippen molar-refractivity contribution in [2.45, 2.75) is 51.1 Å². The van der Waals surface area contributed by atoms with Crippen LogP contribution in [0.15, 0.2) is 15.2 Å². The molecule has 1 fully saturated rings. The topological polar surface area (TPSA) is 15.3 Å². The highest BCUT2D eigenvalue weighted by Crippen LogP contribution is 2.21. The monoisotopic (exact) mass is 344 g/mol. The van der Waals surface area contributed by atoms with Crippen LogP contribution in [-0.4, -0.2) is 31.1 Å². The fourth-order valence-electron chi connectivity index (χ4n) is 2.78. The Bertz CT molecular complexity index is 361. The quantitative estimate of drug-likeness (QED) is 0.743. The molecule has 1 heterocycles. The fraction of sp³-hybridized carbons (Fsp3) is 0.733. The number of rotatable bonds is 7. The van der Waals surface area contributed by atoms with Gasteiger partial charge in [-0.05, 0) is 72.3 Å². The number of hydrogen-bond donors (Lipinski definition) is 1. The fourth-order valence-corrected chi connectivity index (χ4v) is 3.98. The molecule has 1 saturated carbocycles. The number of halogens is 1. The van der Waals surface area contributed by atoms with Crippen LogP contribution in [0.3, 0.4) is 0 Å². The molecule has 2 nitrogen and oxygen atoms in total. The molecule has 2 rings (SSSR count). The highest BCUT2D eigenvalue weighted by atomic mass is 79.9. The van der Waals surface area contributed by atoms with Gasteiger partial charge in [0.1, 0.15) is 0 Å². The molecule has 0 aliphatic heterocycles. The molecule has 1 aromatic heterocycles. The van der Waals surface area contributed by atoms with Gasteiger partial charge in [-0.25, -0.2) is 0 Å². The van der Waals surface area contributed by atoms with Gasteiger partial charge in [-0.1, -0.05) is 19.3 Å². The van der Waals surface area contributed by atoms with Gasteiger partial charge in [0.25, 0.3) is 0 Å². The third kappa shape index (κ3) is 5.94. The Morgan fingerprint density at radius 3 is 2.84 bits per heavy atom. The summed E-state index contributed by atoms with van der Waals surface area (Å²) in [7, 11) is 2.21. The van der Waals surface area contributed by atoms with Crippen molar-refractivity contribution in [3.63, 3.8) is 0 Å². The molecular weight excluding hydrogens is 320 g/mol. The van der Waals surface area contributed by atoms with Gasteiger partial charge in [-0.3, -0.25) is 0 Å². The van der Waals surface area contributed by atoms with Gasteiger partial charge in [0.2, 0.25) is 0 Å². The molecule has 0 bridgehead atoms. The second-order valence-electron chi connectivity index (χ2n) is 5.64. The van der Waals surface area contributed by atoms with Crippen LogP contribution in [0.2, 0.25) is 0 Å². The van der Waals surface area contributed by atoms with Gasteiger partial charge >= 0.3 is 0 Å². The zero-order chi connectivity index (χ0) is 13.5. The first-order valence-electron chi connectivity index (χ1n) is 7.39. The van der Waals surface area contributed by atoms with Gasteiger partial charge in [0, 0.05) is 12.6 Å². The first kappa shape index (κ1) is 15.5. The summed E-state index contributed by atoms with van der Waals surface area (Å²) >= 11 is 5.29. The van der Waals surface area contributed by atoms with Crippen molar-refractivity contribution in [1.82, 2.24) is 10.2 Å². The van der Waals surface area contributed by atoms with E-state index in [1.54, 1.807) is 11.3 Å². The van der Waals surface area contributed by atoms with Crippen molar-refractivity contribution in [1.29, 1.82) is 0 Å². The third-order valence-corrected chi connectivity index (χ3v) is 5.38. The molecule has 1 N–H and O–H groups in total. The first-order valence-corrected chi connectivity index (χ1v) is 9.06. The molecule has 0 saturated heterocycles. The van der Waals surface area contributed by atoms with E-state index in [2.05, 4.69) is 44.6 Å². The van der Waals surface area contributed by atoms with Crippen molar-refractivity contribution in [2.24, 2.45) is 0 Å². The van der Waals surface area contributed by atoms with Crippen molar-refractivity contribution >= 4 is 27.3 Å². The molecule has 1 aliphatic rings. The van der Waals surface area contributed by atoms with Gasteiger partial charge in [0.15, 0.2) is 0 Å². The number of nitrogens with one attached hydrogen (secondary N) is 1. The Labute approximate surface area is 129 Å². The molecule has 0 aromatic carbocycles. The summed E-state index contributed by atoms with van der Waals surface area (Å²) in [6, 6.07) is 3.02. The van der Waals surface area contributed by atoms with E-state index in [-0.39, 0.29) is 0 Å². The van der Waals surface area contributed by atoms with E-state index in [1.807, 2.05) is 0 Å². The number of nitrogens with zero attached hydrogens (tertiary/aromatic N) is 1. The number of hydrogen-bond acceptors (Lipinski definition) is 3. The first-order chi connectivity index (χ1) is 9.24. The molecule has 108 valence electrons. The Balaban J connectivity index is 1.54. The van der Waals surface area contributed by atoms with E-state index in [4.69, 9.17) is 0 Å². The molecule has 0 atom stereocenters. The van der Waals surface area contributed by atoms with E-state index in [0.29, 0.717) is 0 Å². The lowest BCUT2D eigenvalue weighted by Gasteiger charge is -2.23. The van der Waals surface area contributed by atoms with Crippen LogP contribution in [0.5, 0.6) is 0 Å². The van der Waals surface area contributed by atoms with Crippen molar-refractivity contribution in [3.8, 4) is 0 Å². The van der Waals surface area contributed by atoms with E-state index >= 15 is 0 Å². The summed E-state index contributed by atoms with van der Waals surface area (Å²) in [6.45, 7) is 3.40. The minimum absolute atomic E-state index is 0.798. The van der Waals surface area contributed by atoms with Gasteiger partial charge in [-0.2, -0.15) is 0 Å². The smallest absolute Gasteiger partial charge is 0.0701 e. The lowest BCUT2D eigenvalue weighted by Crippen LogP contribution is -2.33. The Morgan fingerprint density at radius 2 is 2.16 bits per heavy atom. The zero-order valence-corrected chi connectivity index (χ0v) is 14.2. The van der Waals surface area contributed by atoms with Gasteiger partial charge in [-0.15, -0.1) is 11.3 Å². The average Bonchev–Trinajstić information content (AvgIpc) is 2.81. The summed E-state index contributed by atoms with van der Waals surface area (Å²) in [5, 5.41) is 5.95.